The first-order valence-electron chi connectivity index (χ1n) is 6.34. The molecule has 2 aromatic rings. The molecule has 102 valence electrons. The van der Waals surface area contributed by atoms with E-state index >= 15 is 0 Å². The van der Waals surface area contributed by atoms with E-state index < -0.39 is 5.97 Å². The average Bonchev–Trinajstić information content (AvgIpc) is 2.93. The molecule has 0 unspecified atom stereocenters. The molecule has 0 spiro atoms. The molecular formula is C13H18N4O2. The normalized spacial score (nSPS) is 11.2. The average molecular weight is 262 g/mol. The van der Waals surface area contributed by atoms with E-state index in [1.54, 1.807) is 21.8 Å². The van der Waals surface area contributed by atoms with Crippen molar-refractivity contribution in [2.24, 2.45) is 5.92 Å². The summed E-state index contributed by atoms with van der Waals surface area (Å²) in [5, 5.41) is 17.8. The van der Waals surface area contributed by atoms with Gasteiger partial charge in [0.2, 0.25) is 0 Å². The van der Waals surface area contributed by atoms with Crippen molar-refractivity contribution in [3.8, 4) is 11.3 Å². The van der Waals surface area contributed by atoms with Gasteiger partial charge in [0.25, 0.3) is 0 Å². The Morgan fingerprint density at radius 3 is 2.63 bits per heavy atom. The largest absolute Gasteiger partial charge is 0.478 e. The summed E-state index contributed by atoms with van der Waals surface area (Å²) in [6.45, 7) is 7.55. The number of aromatic carboxylic acids is 1. The highest BCUT2D eigenvalue weighted by Gasteiger charge is 2.18. The Hall–Kier alpha value is -2.11. The molecule has 0 aliphatic rings. The van der Waals surface area contributed by atoms with Gasteiger partial charge in [-0.3, -0.25) is 9.36 Å². The maximum absolute atomic E-state index is 11.3. The Morgan fingerprint density at radius 2 is 2.11 bits per heavy atom. The Kier molecular flexibility index (Phi) is 3.69. The number of nitrogens with zero attached hydrogens (tertiary/aromatic N) is 4. The molecule has 0 aromatic carbocycles. The van der Waals surface area contributed by atoms with Crippen molar-refractivity contribution in [2.45, 2.75) is 33.9 Å². The zero-order chi connectivity index (χ0) is 14.0. The van der Waals surface area contributed by atoms with Gasteiger partial charge in [0.15, 0.2) is 0 Å². The SMILES string of the molecule is CCn1cc(-c2nn(CC(C)C)cc2C(=O)O)cn1. The Balaban J connectivity index is 2.42. The van der Waals surface area contributed by atoms with E-state index in [2.05, 4.69) is 24.0 Å². The lowest BCUT2D eigenvalue weighted by atomic mass is 10.1. The predicted molar refractivity (Wildman–Crippen MR) is 70.9 cm³/mol. The highest BCUT2D eigenvalue weighted by atomic mass is 16.4. The van der Waals surface area contributed by atoms with E-state index in [0.29, 0.717) is 18.2 Å². The zero-order valence-electron chi connectivity index (χ0n) is 11.4. The van der Waals surface area contributed by atoms with Crippen LogP contribution < -0.4 is 0 Å². The highest BCUT2D eigenvalue weighted by molar-refractivity contribution is 5.94. The molecule has 1 N–H and O–H groups in total. The van der Waals surface area contributed by atoms with Crippen LogP contribution in [-0.4, -0.2) is 30.6 Å². The molecule has 0 aliphatic heterocycles. The molecule has 6 heteroatoms. The molecule has 2 aromatic heterocycles. The van der Waals surface area contributed by atoms with Gasteiger partial charge in [0.1, 0.15) is 11.3 Å². The number of rotatable bonds is 5. The summed E-state index contributed by atoms with van der Waals surface area (Å²) in [7, 11) is 0. The third-order valence-electron chi connectivity index (χ3n) is 2.77. The predicted octanol–water partition coefficient (Wildman–Crippen LogP) is 2.12. The molecule has 0 fully saturated rings. The van der Waals surface area contributed by atoms with Crippen LogP contribution >= 0.6 is 0 Å². The van der Waals surface area contributed by atoms with Gasteiger partial charge in [0, 0.05) is 31.0 Å². The second-order valence-corrected chi connectivity index (χ2v) is 4.90. The van der Waals surface area contributed by atoms with Gasteiger partial charge in [-0.25, -0.2) is 4.79 Å². The minimum atomic E-state index is -0.964. The fourth-order valence-corrected chi connectivity index (χ4v) is 1.92. The maximum Gasteiger partial charge on any atom is 0.339 e. The molecule has 0 amide bonds. The van der Waals surface area contributed by atoms with E-state index in [9.17, 15) is 9.90 Å². The molecule has 2 heterocycles. The van der Waals surface area contributed by atoms with Crippen LogP contribution in [0.15, 0.2) is 18.6 Å². The summed E-state index contributed by atoms with van der Waals surface area (Å²) in [5.74, 6) is -0.554. The molecule has 2 rings (SSSR count). The van der Waals surface area contributed by atoms with Crippen LogP contribution in [0.3, 0.4) is 0 Å². The van der Waals surface area contributed by atoms with Crippen LogP contribution in [0.25, 0.3) is 11.3 Å². The van der Waals surface area contributed by atoms with E-state index in [1.807, 2.05) is 13.1 Å². The summed E-state index contributed by atoms with van der Waals surface area (Å²) in [6.07, 6.45) is 5.05. The third-order valence-corrected chi connectivity index (χ3v) is 2.77. The molecule has 0 bridgehead atoms. The van der Waals surface area contributed by atoms with Crippen LogP contribution in [0.1, 0.15) is 31.1 Å². The molecule has 0 atom stereocenters. The van der Waals surface area contributed by atoms with Gasteiger partial charge in [-0.1, -0.05) is 13.8 Å². The number of carboxylic acids is 1. The lowest BCUT2D eigenvalue weighted by molar-refractivity contribution is 0.0697. The number of carboxylic acid groups (broad SMARTS) is 1. The zero-order valence-corrected chi connectivity index (χ0v) is 11.4. The maximum atomic E-state index is 11.3. The Labute approximate surface area is 111 Å². The molecule has 19 heavy (non-hydrogen) atoms. The minimum absolute atomic E-state index is 0.219. The summed E-state index contributed by atoms with van der Waals surface area (Å²) in [4.78, 5) is 11.3. The fourth-order valence-electron chi connectivity index (χ4n) is 1.92. The molecule has 0 aliphatic carbocycles. The summed E-state index contributed by atoms with van der Waals surface area (Å²) in [5.41, 5.74) is 1.44. The topological polar surface area (TPSA) is 72.9 Å². The van der Waals surface area contributed by atoms with Crippen molar-refractivity contribution in [2.75, 3.05) is 0 Å². The minimum Gasteiger partial charge on any atom is -0.478 e. The van der Waals surface area contributed by atoms with Gasteiger partial charge < -0.3 is 5.11 Å². The van der Waals surface area contributed by atoms with Crippen molar-refractivity contribution >= 4 is 5.97 Å². The van der Waals surface area contributed by atoms with E-state index in [0.717, 1.165) is 12.1 Å². The summed E-state index contributed by atoms with van der Waals surface area (Å²) < 4.78 is 3.44. The van der Waals surface area contributed by atoms with Crippen molar-refractivity contribution in [1.82, 2.24) is 19.6 Å². The van der Waals surface area contributed by atoms with Gasteiger partial charge in [-0.05, 0) is 12.8 Å². The molecule has 6 nitrogen and oxygen atoms in total. The van der Waals surface area contributed by atoms with Crippen LogP contribution in [0.4, 0.5) is 0 Å². The first-order valence-corrected chi connectivity index (χ1v) is 6.34. The lowest BCUT2D eigenvalue weighted by Crippen LogP contribution is -2.04. The first kappa shape index (κ1) is 13.3. The summed E-state index contributed by atoms with van der Waals surface area (Å²) in [6, 6.07) is 0. The third kappa shape index (κ3) is 2.83. The van der Waals surface area contributed by atoms with Crippen molar-refractivity contribution < 1.29 is 9.90 Å². The van der Waals surface area contributed by atoms with E-state index in [4.69, 9.17) is 0 Å². The monoisotopic (exact) mass is 262 g/mol. The standard InChI is InChI=1S/C13H18N4O2/c1-4-16-7-10(5-14-16)12-11(13(18)19)8-17(15-12)6-9(2)3/h5,7-9H,4,6H2,1-3H3,(H,18,19). The Bertz CT molecular complexity index is 583. The van der Waals surface area contributed by atoms with Crippen LogP contribution in [0.2, 0.25) is 0 Å². The highest BCUT2D eigenvalue weighted by Crippen LogP contribution is 2.22. The van der Waals surface area contributed by atoms with Gasteiger partial charge in [-0.15, -0.1) is 0 Å². The van der Waals surface area contributed by atoms with Crippen molar-refractivity contribution in [3.05, 3.63) is 24.2 Å². The molecular weight excluding hydrogens is 244 g/mol. The molecule has 0 saturated carbocycles. The molecule has 0 saturated heterocycles. The van der Waals surface area contributed by atoms with Gasteiger partial charge in [-0.2, -0.15) is 10.2 Å². The van der Waals surface area contributed by atoms with Crippen molar-refractivity contribution in [3.63, 3.8) is 0 Å². The second-order valence-electron chi connectivity index (χ2n) is 4.90. The summed E-state index contributed by atoms with van der Waals surface area (Å²) >= 11 is 0. The van der Waals surface area contributed by atoms with Gasteiger partial charge >= 0.3 is 5.97 Å². The lowest BCUT2D eigenvalue weighted by Gasteiger charge is -2.03. The number of aromatic nitrogens is 4. The second kappa shape index (κ2) is 5.26. The number of carbonyl (C=O) groups is 1. The fraction of sp³-hybridized carbons (Fsp3) is 0.462. The van der Waals surface area contributed by atoms with Crippen LogP contribution in [-0.2, 0) is 13.1 Å². The quantitative estimate of drug-likeness (QED) is 0.895. The number of hydrogen-bond acceptors (Lipinski definition) is 3. The van der Waals surface area contributed by atoms with E-state index in [1.165, 1.54) is 0 Å². The van der Waals surface area contributed by atoms with Crippen LogP contribution in [0.5, 0.6) is 0 Å². The smallest absolute Gasteiger partial charge is 0.339 e. The van der Waals surface area contributed by atoms with Crippen LogP contribution in [0, 0.1) is 5.92 Å². The molecule has 0 radical (unpaired) electrons. The number of aryl methyl sites for hydroxylation is 1. The van der Waals surface area contributed by atoms with Crippen molar-refractivity contribution in [1.29, 1.82) is 0 Å². The number of hydrogen-bond donors (Lipinski definition) is 1. The van der Waals surface area contributed by atoms with Gasteiger partial charge in [0.05, 0.1) is 6.20 Å². The first-order chi connectivity index (χ1) is 9.01. The van der Waals surface area contributed by atoms with E-state index in [-0.39, 0.29) is 5.56 Å². The Morgan fingerprint density at radius 1 is 1.37 bits per heavy atom.